The summed E-state index contributed by atoms with van der Waals surface area (Å²) >= 11 is 0. The van der Waals surface area contributed by atoms with E-state index < -0.39 is 97.5 Å². The fourth-order valence-corrected chi connectivity index (χ4v) is 13.4. The highest BCUT2D eigenvalue weighted by Crippen LogP contribution is 2.45. The standard InChI is InChI=1S/C77H150O17P2/c1-7-9-11-13-15-17-18-19-20-23-26-29-36-42-48-54-60-75(80)88-66-73(93-76(81)61-55-49-43-37-30-27-24-21-22-25-28-34-39-45-51-57-69(3)4)68-92-96(85,86)90-64-71(78)63-89-95(83,84)91-67-72(65-87-74(79)59-53-47-41-33-16-14-12-10-8-2)94-77(82)62-56-50-44-38-32-31-35-40-46-52-58-70(5)6/h69-73,78H,7-68H2,1-6H3,(H,83,84)(H,85,86)/t71-,72+,73+/m0/s1. The summed E-state index contributed by atoms with van der Waals surface area (Å²) in [5.41, 5.74) is 0. The molecule has 19 heteroatoms. The molecule has 0 aliphatic carbocycles. The number of phosphoric ester groups is 2. The zero-order valence-electron chi connectivity index (χ0n) is 62.7. The van der Waals surface area contributed by atoms with Crippen LogP contribution in [-0.2, 0) is 65.4 Å². The summed E-state index contributed by atoms with van der Waals surface area (Å²) in [7, 11) is -9.91. The summed E-state index contributed by atoms with van der Waals surface area (Å²) in [5, 5.41) is 10.6. The Balaban J connectivity index is 5.23. The van der Waals surface area contributed by atoms with Gasteiger partial charge in [-0.15, -0.1) is 0 Å². The van der Waals surface area contributed by atoms with Crippen molar-refractivity contribution >= 4 is 39.5 Å². The fraction of sp³-hybridized carbons (Fsp3) is 0.948. The zero-order chi connectivity index (χ0) is 70.7. The van der Waals surface area contributed by atoms with E-state index in [2.05, 4.69) is 41.5 Å². The van der Waals surface area contributed by atoms with Gasteiger partial charge in [-0.05, 0) is 37.5 Å². The first kappa shape index (κ1) is 94.1. The quantitative estimate of drug-likeness (QED) is 0.0222. The molecular formula is C77H150O17P2. The van der Waals surface area contributed by atoms with Gasteiger partial charge in [-0.3, -0.25) is 37.3 Å². The maximum Gasteiger partial charge on any atom is 0.472 e. The summed E-state index contributed by atoms with van der Waals surface area (Å²) in [6.07, 6.45) is 56.8. The topological polar surface area (TPSA) is 237 Å². The molecule has 0 aliphatic rings. The van der Waals surface area contributed by atoms with E-state index in [-0.39, 0.29) is 25.7 Å². The molecule has 0 saturated heterocycles. The number of hydrogen-bond donors (Lipinski definition) is 3. The number of hydrogen-bond acceptors (Lipinski definition) is 15. The lowest BCUT2D eigenvalue weighted by molar-refractivity contribution is -0.161. The van der Waals surface area contributed by atoms with Gasteiger partial charge < -0.3 is 33.8 Å². The molecule has 0 aromatic rings. The van der Waals surface area contributed by atoms with Crippen LogP contribution in [0.3, 0.4) is 0 Å². The van der Waals surface area contributed by atoms with E-state index in [0.29, 0.717) is 25.7 Å². The van der Waals surface area contributed by atoms with Gasteiger partial charge in [0.15, 0.2) is 12.2 Å². The van der Waals surface area contributed by atoms with Crippen LogP contribution >= 0.6 is 15.6 Å². The first-order valence-electron chi connectivity index (χ1n) is 40.0. The third-order valence-corrected chi connectivity index (χ3v) is 19.9. The number of esters is 4. The van der Waals surface area contributed by atoms with Gasteiger partial charge in [0.2, 0.25) is 0 Å². The van der Waals surface area contributed by atoms with Crippen LogP contribution in [0.5, 0.6) is 0 Å². The number of rotatable bonds is 76. The fourth-order valence-electron chi connectivity index (χ4n) is 11.8. The molecule has 0 heterocycles. The molecule has 0 saturated carbocycles. The van der Waals surface area contributed by atoms with Gasteiger partial charge in [-0.1, -0.05) is 350 Å². The van der Waals surface area contributed by atoms with Crippen LogP contribution in [-0.4, -0.2) is 96.7 Å². The molecule has 0 aromatic heterocycles. The van der Waals surface area contributed by atoms with Gasteiger partial charge in [0.1, 0.15) is 19.3 Å². The summed E-state index contributed by atoms with van der Waals surface area (Å²) in [5.74, 6) is -0.559. The Morgan fingerprint density at radius 2 is 0.479 bits per heavy atom. The number of ether oxygens (including phenoxy) is 4. The highest BCUT2D eigenvalue weighted by atomic mass is 31.2. The second-order valence-corrected chi connectivity index (χ2v) is 31.6. The Hall–Kier alpha value is -1.94. The van der Waals surface area contributed by atoms with E-state index in [4.69, 9.17) is 37.0 Å². The molecule has 0 rings (SSSR count). The monoisotopic (exact) mass is 1410 g/mol. The minimum atomic E-state index is -4.96. The minimum Gasteiger partial charge on any atom is -0.462 e. The van der Waals surface area contributed by atoms with Gasteiger partial charge in [-0.2, -0.15) is 0 Å². The van der Waals surface area contributed by atoms with Crippen LogP contribution in [0.1, 0.15) is 401 Å². The van der Waals surface area contributed by atoms with E-state index in [1.165, 1.54) is 218 Å². The van der Waals surface area contributed by atoms with Gasteiger partial charge >= 0.3 is 39.5 Å². The molecular weight excluding hydrogens is 1260 g/mol. The Labute approximate surface area is 588 Å². The predicted octanol–water partition coefficient (Wildman–Crippen LogP) is 22.7. The van der Waals surface area contributed by atoms with Crippen molar-refractivity contribution in [2.24, 2.45) is 11.8 Å². The van der Waals surface area contributed by atoms with Crippen molar-refractivity contribution in [2.45, 2.75) is 419 Å². The maximum atomic E-state index is 13.1. The van der Waals surface area contributed by atoms with Crippen LogP contribution in [0.4, 0.5) is 0 Å². The number of aliphatic hydroxyl groups excluding tert-OH is 1. The van der Waals surface area contributed by atoms with Crippen molar-refractivity contribution in [3.63, 3.8) is 0 Å². The number of carbonyl (C=O) groups excluding carboxylic acids is 4. The maximum absolute atomic E-state index is 13.1. The summed E-state index contributed by atoms with van der Waals surface area (Å²) < 4.78 is 68.5. The molecule has 570 valence electrons. The second kappa shape index (κ2) is 68.8. The Kier molecular flexibility index (Phi) is 67.4. The molecule has 17 nitrogen and oxygen atoms in total. The van der Waals surface area contributed by atoms with Crippen molar-refractivity contribution in [3.8, 4) is 0 Å². The molecule has 3 N–H and O–H groups in total. The van der Waals surface area contributed by atoms with Crippen molar-refractivity contribution in [2.75, 3.05) is 39.6 Å². The Morgan fingerprint density at radius 1 is 0.281 bits per heavy atom. The van der Waals surface area contributed by atoms with Gasteiger partial charge in [0, 0.05) is 25.7 Å². The van der Waals surface area contributed by atoms with Crippen LogP contribution in [0.2, 0.25) is 0 Å². The molecule has 0 bridgehead atoms. The smallest absolute Gasteiger partial charge is 0.462 e. The summed E-state index contributed by atoms with van der Waals surface area (Å²) in [6.45, 7) is 9.61. The average Bonchev–Trinajstić information content (AvgIpc) is 1.13. The highest BCUT2D eigenvalue weighted by molar-refractivity contribution is 7.47. The largest absolute Gasteiger partial charge is 0.472 e. The average molecular weight is 1410 g/mol. The second-order valence-electron chi connectivity index (χ2n) is 28.7. The van der Waals surface area contributed by atoms with Crippen molar-refractivity contribution < 1.29 is 80.2 Å². The molecule has 0 amide bonds. The lowest BCUT2D eigenvalue weighted by atomic mass is 10.0. The third kappa shape index (κ3) is 70.5. The molecule has 0 aromatic carbocycles. The van der Waals surface area contributed by atoms with Crippen LogP contribution in [0, 0.1) is 11.8 Å². The number of aliphatic hydroxyl groups is 1. The van der Waals surface area contributed by atoms with Gasteiger partial charge in [0.25, 0.3) is 0 Å². The zero-order valence-corrected chi connectivity index (χ0v) is 64.5. The normalized spacial score (nSPS) is 14.0. The molecule has 2 unspecified atom stereocenters. The number of phosphoric acid groups is 2. The molecule has 0 radical (unpaired) electrons. The first-order valence-corrected chi connectivity index (χ1v) is 43.0. The van der Waals surface area contributed by atoms with E-state index in [1.807, 2.05) is 0 Å². The van der Waals surface area contributed by atoms with Crippen LogP contribution in [0.15, 0.2) is 0 Å². The van der Waals surface area contributed by atoms with Crippen molar-refractivity contribution in [1.82, 2.24) is 0 Å². The van der Waals surface area contributed by atoms with E-state index >= 15 is 0 Å². The van der Waals surface area contributed by atoms with E-state index in [0.717, 1.165) is 102 Å². The first-order chi connectivity index (χ1) is 46.4. The highest BCUT2D eigenvalue weighted by Gasteiger charge is 2.30. The van der Waals surface area contributed by atoms with E-state index in [9.17, 15) is 43.2 Å². The van der Waals surface area contributed by atoms with E-state index in [1.54, 1.807) is 0 Å². The number of carbonyl (C=O) groups is 4. The lowest BCUT2D eigenvalue weighted by Crippen LogP contribution is -2.30. The summed E-state index contributed by atoms with van der Waals surface area (Å²) in [6, 6.07) is 0. The Morgan fingerprint density at radius 3 is 0.708 bits per heavy atom. The minimum absolute atomic E-state index is 0.106. The molecule has 0 spiro atoms. The number of unbranched alkanes of at least 4 members (excludes halogenated alkanes) is 46. The molecule has 0 fully saturated rings. The molecule has 0 aliphatic heterocycles. The Bertz CT molecular complexity index is 1860. The SMILES string of the molecule is CCCCCCCCCCCCCCCCCCC(=O)OC[C@H](COP(=O)(O)OC[C@@H](O)COP(=O)(O)OC[C@@H](COC(=O)CCCCCCCCCCC)OC(=O)CCCCCCCCCCCCC(C)C)OC(=O)CCCCCCCCCCCCCCCCCC(C)C. The summed E-state index contributed by atoms with van der Waals surface area (Å²) in [4.78, 5) is 72.8. The van der Waals surface area contributed by atoms with Gasteiger partial charge in [-0.25, -0.2) is 9.13 Å². The predicted molar refractivity (Wildman–Crippen MR) is 391 cm³/mol. The molecule has 5 atom stereocenters. The lowest BCUT2D eigenvalue weighted by Gasteiger charge is -2.21. The van der Waals surface area contributed by atoms with Gasteiger partial charge in [0.05, 0.1) is 26.4 Å². The third-order valence-electron chi connectivity index (χ3n) is 18.0. The van der Waals surface area contributed by atoms with Crippen LogP contribution < -0.4 is 0 Å². The molecule has 96 heavy (non-hydrogen) atoms. The van der Waals surface area contributed by atoms with Crippen LogP contribution in [0.25, 0.3) is 0 Å². The van der Waals surface area contributed by atoms with Crippen molar-refractivity contribution in [1.29, 1.82) is 0 Å². The van der Waals surface area contributed by atoms with Crippen molar-refractivity contribution in [3.05, 3.63) is 0 Å².